The van der Waals surface area contributed by atoms with Crippen molar-refractivity contribution < 1.29 is 35.1 Å². The average molecular weight is 330 g/mol. The summed E-state index contributed by atoms with van der Waals surface area (Å²) in [6, 6.07) is 6.48. The van der Waals surface area contributed by atoms with E-state index in [-0.39, 0.29) is 11.8 Å². The van der Waals surface area contributed by atoms with E-state index in [9.17, 15) is 20.5 Å². The molecule has 2 rings (SSSR count). The predicted octanol–water partition coefficient (Wildman–Crippen LogP) is -1.40. The third-order valence-corrected chi connectivity index (χ3v) is 3.62. The van der Waals surface area contributed by atoms with Gasteiger partial charge in [0.1, 0.15) is 30.2 Å². The molecule has 9 nitrogen and oxygen atoms in total. The van der Waals surface area contributed by atoms with Crippen LogP contribution in [0.3, 0.4) is 0 Å². The van der Waals surface area contributed by atoms with Crippen LogP contribution in [0.4, 0.5) is 0 Å². The van der Waals surface area contributed by atoms with E-state index in [4.69, 9.17) is 19.8 Å². The summed E-state index contributed by atoms with van der Waals surface area (Å²) in [7, 11) is 0. The van der Waals surface area contributed by atoms with E-state index >= 15 is 0 Å². The highest BCUT2D eigenvalue weighted by molar-refractivity contribution is 5.27. The van der Waals surface area contributed by atoms with E-state index in [1.807, 2.05) is 0 Å². The Kier molecular flexibility index (Phi) is 6.27. The van der Waals surface area contributed by atoms with E-state index < -0.39 is 37.3 Å². The molecule has 0 aliphatic carbocycles. The largest absolute Gasteiger partial charge is 0.762 e. The van der Waals surface area contributed by atoms with Crippen LogP contribution in [0.2, 0.25) is 0 Å². The van der Waals surface area contributed by atoms with Crippen molar-refractivity contribution in [1.29, 1.82) is 0 Å². The molecule has 5 N–H and O–H groups in total. The first-order valence-corrected chi connectivity index (χ1v) is 7.12. The first-order chi connectivity index (χ1) is 10.9. The van der Waals surface area contributed by atoms with Gasteiger partial charge in [0.15, 0.2) is 0 Å². The standard InChI is InChI=1S/C14H20NO8/c16-7-10-11(17)12(18)13(19)14(23-10)22-9-3-1-8(2-4-9)5-6-15(20)21/h1-4,10-14,16-20H,5-7H2/q-1/t10-,11-,12+,13-,14-/m1/s1. The zero-order valence-electron chi connectivity index (χ0n) is 12.2. The number of hydrogen-bond acceptors (Lipinski definition) is 9. The highest BCUT2D eigenvalue weighted by Crippen LogP contribution is 2.24. The van der Waals surface area contributed by atoms with Crippen LogP contribution in [0.5, 0.6) is 5.75 Å². The maximum atomic E-state index is 10.4. The lowest BCUT2D eigenvalue weighted by atomic mass is 9.99. The molecule has 1 aromatic carbocycles. The summed E-state index contributed by atoms with van der Waals surface area (Å²) < 4.78 is 10.7. The highest BCUT2D eigenvalue weighted by atomic mass is 16.8. The molecule has 1 fully saturated rings. The Labute approximate surface area is 132 Å². The van der Waals surface area contributed by atoms with Gasteiger partial charge < -0.3 is 40.3 Å². The Morgan fingerprint density at radius 3 is 2.30 bits per heavy atom. The second kappa shape index (κ2) is 7.99. The summed E-state index contributed by atoms with van der Waals surface area (Å²) in [5, 5.41) is 57.2. The minimum atomic E-state index is -1.50. The lowest BCUT2D eigenvalue weighted by Crippen LogP contribution is -2.60. The van der Waals surface area contributed by atoms with E-state index in [2.05, 4.69) is 0 Å². The van der Waals surface area contributed by atoms with Crippen LogP contribution in [-0.2, 0) is 11.2 Å². The van der Waals surface area contributed by atoms with Gasteiger partial charge in [-0.05, 0) is 24.1 Å². The Hall–Kier alpha value is -1.30. The molecule has 0 amide bonds. The van der Waals surface area contributed by atoms with E-state index in [1.165, 1.54) is 0 Å². The number of rotatable bonds is 6. The zero-order chi connectivity index (χ0) is 17.0. The molecular formula is C14H20NO8-. The SMILES string of the molecule is [O-]N(O)CCc1ccc(O[C@@H]2O[C@H](CO)[C@@H](O)[C@H](O)[C@H]2O)cc1. The van der Waals surface area contributed by atoms with Gasteiger partial charge in [0.2, 0.25) is 6.29 Å². The van der Waals surface area contributed by atoms with Gasteiger partial charge in [0.25, 0.3) is 0 Å². The molecule has 1 aliphatic rings. The van der Waals surface area contributed by atoms with E-state index in [0.717, 1.165) is 5.56 Å². The number of ether oxygens (including phenoxy) is 2. The van der Waals surface area contributed by atoms with Crippen LogP contribution >= 0.6 is 0 Å². The number of aliphatic hydroxyl groups excluding tert-OH is 4. The van der Waals surface area contributed by atoms with Gasteiger partial charge in [-0.1, -0.05) is 12.1 Å². The number of hydrogen-bond donors (Lipinski definition) is 5. The Morgan fingerprint density at radius 1 is 1.09 bits per heavy atom. The van der Waals surface area contributed by atoms with E-state index in [0.29, 0.717) is 12.2 Å². The van der Waals surface area contributed by atoms with Crippen LogP contribution in [-0.4, -0.2) is 74.7 Å². The van der Waals surface area contributed by atoms with Gasteiger partial charge in [-0.2, -0.15) is 0 Å². The van der Waals surface area contributed by atoms with Crippen molar-refractivity contribution in [3.05, 3.63) is 35.0 Å². The number of aliphatic hydroxyl groups is 4. The molecule has 9 heteroatoms. The highest BCUT2D eigenvalue weighted by Gasteiger charge is 2.44. The fourth-order valence-corrected chi connectivity index (χ4v) is 2.26. The summed E-state index contributed by atoms with van der Waals surface area (Å²) in [6.45, 7) is -0.594. The summed E-state index contributed by atoms with van der Waals surface area (Å²) in [4.78, 5) is 0. The van der Waals surface area contributed by atoms with Crippen molar-refractivity contribution in [1.82, 2.24) is 5.23 Å². The van der Waals surface area contributed by atoms with Gasteiger partial charge in [-0.25, -0.2) is 0 Å². The van der Waals surface area contributed by atoms with Gasteiger partial charge in [-0.3, -0.25) is 5.23 Å². The Bertz CT molecular complexity index is 480. The van der Waals surface area contributed by atoms with Crippen LogP contribution in [0.15, 0.2) is 24.3 Å². The molecule has 1 aliphatic heterocycles. The van der Waals surface area contributed by atoms with Crippen LogP contribution in [0.25, 0.3) is 0 Å². The monoisotopic (exact) mass is 330 g/mol. The first kappa shape index (κ1) is 18.0. The van der Waals surface area contributed by atoms with Crippen molar-refractivity contribution in [2.75, 3.05) is 13.2 Å². The Balaban J connectivity index is 1.97. The van der Waals surface area contributed by atoms with Crippen LogP contribution in [0.1, 0.15) is 5.56 Å². The van der Waals surface area contributed by atoms with Crippen molar-refractivity contribution in [2.24, 2.45) is 0 Å². The molecule has 0 spiro atoms. The van der Waals surface area contributed by atoms with Gasteiger partial charge in [0.05, 0.1) is 6.61 Å². The van der Waals surface area contributed by atoms with Crippen molar-refractivity contribution >= 4 is 0 Å². The smallest absolute Gasteiger partial charge is 0.229 e. The Morgan fingerprint density at radius 2 is 1.74 bits per heavy atom. The predicted molar refractivity (Wildman–Crippen MR) is 76.4 cm³/mol. The minimum Gasteiger partial charge on any atom is -0.762 e. The van der Waals surface area contributed by atoms with Gasteiger partial charge >= 0.3 is 0 Å². The quantitative estimate of drug-likeness (QED) is 0.397. The fraction of sp³-hybridized carbons (Fsp3) is 0.571. The third-order valence-electron chi connectivity index (χ3n) is 3.62. The molecule has 0 radical (unpaired) electrons. The number of nitrogens with zero attached hydrogens (tertiary/aromatic N) is 1. The lowest BCUT2D eigenvalue weighted by Gasteiger charge is -2.39. The topological polar surface area (TPSA) is 146 Å². The normalized spacial score (nSPS) is 31.3. The van der Waals surface area contributed by atoms with Gasteiger partial charge in [0, 0.05) is 6.54 Å². The van der Waals surface area contributed by atoms with Crippen molar-refractivity contribution in [2.45, 2.75) is 37.1 Å². The third kappa shape index (κ3) is 4.59. The van der Waals surface area contributed by atoms with Crippen LogP contribution < -0.4 is 4.74 Å². The van der Waals surface area contributed by atoms with Crippen LogP contribution in [0, 0.1) is 5.21 Å². The molecule has 130 valence electrons. The molecule has 1 saturated heterocycles. The molecular weight excluding hydrogens is 310 g/mol. The van der Waals surface area contributed by atoms with E-state index in [1.54, 1.807) is 24.3 Å². The van der Waals surface area contributed by atoms with Gasteiger partial charge in [-0.15, -0.1) is 0 Å². The van der Waals surface area contributed by atoms with Crippen molar-refractivity contribution in [3.8, 4) is 5.75 Å². The molecule has 1 heterocycles. The number of hydroxylamine groups is 2. The zero-order valence-corrected chi connectivity index (χ0v) is 12.2. The molecule has 1 aromatic rings. The average Bonchev–Trinajstić information content (AvgIpc) is 2.54. The maximum Gasteiger partial charge on any atom is 0.229 e. The number of benzene rings is 1. The molecule has 23 heavy (non-hydrogen) atoms. The summed E-state index contributed by atoms with van der Waals surface area (Å²) in [5.41, 5.74) is 0.793. The fourth-order valence-electron chi connectivity index (χ4n) is 2.26. The lowest BCUT2D eigenvalue weighted by molar-refractivity contribution is -0.277. The van der Waals surface area contributed by atoms with Crippen molar-refractivity contribution in [3.63, 3.8) is 0 Å². The second-order valence-electron chi connectivity index (χ2n) is 5.28. The summed E-state index contributed by atoms with van der Waals surface area (Å²) >= 11 is 0. The molecule has 5 atom stereocenters. The molecule has 0 aromatic heterocycles. The minimum absolute atomic E-state index is 0.0626. The molecule has 0 unspecified atom stereocenters. The maximum absolute atomic E-state index is 10.4. The molecule has 0 bridgehead atoms. The summed E-state index contributed by atoms with van der Waals surface area (Å²) in [6.07, 6.45) is -6.35. The first-order valence-electron chi connectivity index (χ1n) is 7.12. The molecule has 0 saturated carbocycles. The second-order valence-corrected chi connectivity index (χ2v) is 5.28. The summed E-state index contributed by atoms with van der Waals surface area (Å²) in [5.74, 6) is 0.334.